The van der Waals surface area contributed by atoms with Crippen LogP contribution in [0.4, 0.5) is 10.5 Å². The average Bonchev–Trinajstić information content (AvgIpc) is 3.44. The number of urea groups is 1. The zero-order valence-corrected chi connectivity index (χ0v) is 20.7. The monoisotopic (exact) mass is 515 g/mol. The molecule has 184 valence electrons. The van der Waals surface area contributed by atoms with Crippen molar-refractivity contribution in [3.8, 4) is 0 Å². The number of anilines is 1. The minimum atomic E-state index is -4.08. The molecule has 1 atom stereocenters. The Balaban J connectivity index is 1.52. The van der Waals surface area contributed by atoms with Crippen LogP contribution >= 0.6 is 11.3 Å². The van der Waals surface area contributed by atoms with E-state index in [-0.39, 0.29) is 10.9 Å². The molecule has 0 aliphatic rings. The van der Waals surface area contributed by atoms with Gasteiger partial charge < -0.3 is 20.2 Å². The highest BCUT2D eigenvalue weighted by molar-refractivity contribution is 7.89. The SMILES string of the molecule is CC(C)[C@H](NS(=O)(=O)c1ccc2c(c1)oc1ccc(NC(=O)NCCc3cccs3)cc12)C(=O)O. The molecular formula is C24H25N3O6S2. The minimum Gasteiger partial charge on any atom is -0.480 e. The Morgan fingerprint density at radius 2 is 1.86 bits per heavy atom. The van der Waals surface area contributed by atoms with E-state index in [9.17, 15) is 23.1 Å². The largest absolute Gasteiger partial charge is 0.480 e. The smallest absolute Gasteiger partial charge is 0.322 e. The summed E-state index contributed by atoms with van der Waals surface area (Å²) < 4.78 is 33.6. The van der Waals surface area contributed by atoms with Crippen LogP contribution in [-0.2, 0) is 21.2 Å². The van der Waals surface area contributed by atoms with Crippen molar-refractivity contribution in [2.24, 2.45) is 5.92 Å². The van der Waals surface area contributed by atoms with Crippen molar-refractivity contribution < 1.29 is 27.5 Å². The number of carbonyl (C=O) groups is 2. The lowest BCUT2D eigenvalue weighted by Crippen LogP contribution is -2.44. The Kier molecular flexibility index (Phi) is 7.10. The molecular weight excluding hydrogens is 490 g/mol. The quantitative estimate of drug-likeness (QED) is 0.261. The van der Waals surface area contributed by atoms with Gasteiger partial charge in [0.1, 0.15) is 17.2 Å². The van der Waals surface area contributed by atoms with Crippen molar-refractivity contribution in [3.05, 3.63) is 58.8 Å². The van der Waals surface area contributed by atoms with Gasteiger partial charge in [-0.3, -0.25) is 4.79 Å². The third-order valence-electron chi connectivity index (χ3n) is 5.46. The number of amides is 2. The van der Waals surface area contributed by atoms with Crippen LogP contribution in [0.15, 0.2) is 63.2 Å². The number of benzene rings is 2. The van der Waals surface area contributed by atoms with Gasteiger partial charge in [0.15, 0.2) is 0 Å². The summed E-state index contributed by atoms with van der Waals surface area (Å²) in [6.45, 7) is 3.76. The average molecular weight is 516 g/mol. The van der Waals surface area contributed by atoms with E-state index in [0.29, 0.717) is 34.2 Å². The zero-order chi connectivity index (χ0) is 25.2. The number of fused-ring (bicyclic) bond motifs is 3. The molecule has 2 aromatic heterocycles. The summed E-state index contributed by atoms with van der Waals surface area (Å²) in [6.07, 6.45) is 0.751. The molecule has 4 rings (SSSR count). The van der Waals surface area contributed by atoms with Gasteiger partial charge in [0.25, 0.3) is 0 Å². The Hall–Kier alpha value is -3.41. The number of carbonyl (C=O) groups excluding carboxylic acids is 1. The Bertz CT molecular complexity index is 1480. The number of sulfonamides is 1. The topological polar surface area (TPSA) is 138 Å². The van der Waals surface area contributed by atoms with Crippen LogP contribution in [-0.4, -0.2) is 38.1 Å². The van der Waals surface area contributed by atoms with E-state index in [1.165, 1.54) is 17.0 Å². The molecule has 4 aromatic rings. The molecule has 0 saturated carbocycles. The lowest BCUT2D eigenvalue weighted by atomic mass is 10.1. The predicted molar refractivity (Wildman–Crippen MR) is 135 cm³/mol. The molecule has 2 aromatic carbocycles. The van der Waals surface area contributed by atoms with Crippen molar-refractivity contribution in [2.75, 3.05) is 11.9 Å². The van der Waals surface area contributed by atoms with Crippen LogP contribution in [0.3, 0.4) is 0 Å². The van der Waals surface area contributed by atoms with Crippen molar-refractivity contribution >= 4 is 61.0 Å². The van der Waals surface area contributed by atoms with E-state index in [2.05, 4.69) is 15.4 Å². The van der Waals surface area contributed by atoms with Crippen molar-refractivity contribution in [1.82, 2.24) is 10.0 Å². The molecule has 0 fully saturated rings. The molecule has 0 unspecified atom stereocenters. The van der Waals surface area contributed by atoms with Crippen molar-refractivity contribution in [3.63, 3.8) is 0 Å². The Morgan fingerprint density at radius 3 is 2.54 bits per heavy atom. The highest BCUT2D eigenvalue weighted by Crippen LogP contribution is 2.32. The highest BCUT2D eigenvalue weighted by Gasteiger charge is 2.28. The molecule has 9 nitrogen and oxygen atoms in total. The number of carboxylic acid groups (broad SMARTS) is 1. The molecule has 0 radical (unpaired) electrons. The number of furan rings is 1. The number of carboxylic acids is 1. The van der Waals surface area contributed by atoms with Crippen LogP contribution < -0.4 is 15.4 Å². The van der Waals surface area contributed by atoms with Crippen LogP contribution in [0.1, 0.15) is 18.7 Å². The van der Waals surface area contributed by atoms with Gasteiger partial charge in [0.2, 0.25) is 10.0 Å². The summed E-state index contributed by atoms with van der Waals surface area (Å²) in [7, 11) is -4.08. The number of thiophene rings is 1. The molecule has 2 heterocycles. The van der Waals surface area contributed by atoms with Gasteiger partial charge in [-0.25, -0.2) is 13.2 Å². The molecule has 0 aliphatic carbocycles. The van der Waals surface area contributed by atoms with Crippen LogP contribution in [0, 0.1) is 5.92 Å². The maximum Gasteiger partial charge on any atom is 0.322 e. The zero-order valence-electron chi connectivity index (χ0n) is 19.1. The third-order valence-corrected chi connectivity index (χ3v) is 7.84. The number of aliphatic carboxylic acids is 1. The van der Waals surface area contributed by atoms with Crippen molar-refractivity contribution in [2.45, 2.75) is 31.2 Å². The Morgan fingerprint density at radius 1 is 1.06 bits per heavy atom. The summed E-state index contributed by atoms with van der Waals surface area (Å²) in [5.74, 6) is -1.68. The molecule has 11 heteroatoms. The number of nitrogens with one attached hydrogen (secondary N) is 3. The van der Waals surface area contributed by atoms with Gasteiger partial charge in [-0.1, -0.05) is 19.9 Å². The molecule has 0 spiro atoms. The van der Waals surface area contributed by atoms with Crippen molar-refractivity contribution in [1.29, 1.82) is 0 Å². The lowest BCUT2D eigenvalue weighted by molar-refractivity contribution is -0.140. The number of hydrogen-bond acceptors (Lipinski definition) is 6. The Labute approximate surface area is 206 Å². The van der Waals surface area contributed by atoms with E-state index in [4.69, 9.17) is 4.42 Å². The standard InChI is InChI=1S/C24H25N3O6S2/c1-14(2)22(23(28)29)27-35(31,32)17-6-7-18-19-12-15(5-8-20(19)33-21(18)13-17)26-24(30)25-10-9-16-4-3-11-34-16/h3-8,11-14,22,27H,9-10H2,1-2H3,(H,28,29)(H2,25,26,30)/t22-/m0/s1. The first-order valence-corrected chi connectivity index (χ1v) is 13.3. The fourth-order valence-electron chi connectivity index (χ4n) is 3.64. The summed E-state index contributed by atoms with van der Waals surface area (Å²) >= 11 is 1.64. The maximum absolute atomic E-state index is 12.8. The maximum atomic E-state index is 12.8. The van der Waals surface area contributed by atoms with Gasteiger partial charge in [0.05, 0.1) is 4.90 Å². The summed E-state index contributed by atoms with van der Waals surface area (Å²) in [6, 6.07) is 11.9. The van der Waals surface area contributed by atoms with E-state index >= 15 is 0 Å². The van der Waals surface area contributed by atoms with Crippen LogP contribution in [0.5, 0.6) is 0 Å². The van der Waals surface area contributed by atoms with Gasteiger partial charge in [0, 0.05) is 33.9 Å². The predicted octanol–water partition coefficient (Wildman–Crippen LogP) is 4.40. The molecule has 0 saturated heterocycles. The minimum absolute atomic E-state index is 0.0978. The summed E-state index contributed by atoms with van der Waals surface area (Å²) in [5.41, 5.74) is 1.42. The molecule has 0 aliphatic heterocycles. The molecule has 35 heavy (non-hydrogen) atoms. The van der Waals surface area contributed by atoms with Crippen LogP contribution in [0.25, 0.3) is 21.9 Å². The van der Waals surface area contributed by atoms with Gasteiger partial charge >= 0.3 is 12.0 Å². The second-order valence-electron chi connectivity index (χ2n) is 8.36. The first-order chi connectivity index (χ1) is 16.6. The molecule has 4 N–H and O–H groups in total. The van der Waals surface area contributed by atoms with E-state index in [1.54, 1.807) is 49.4 Å². The summed E-state index contributed by atoms with van der Waals surface area (Å²) in [4.78, 5) is 24.8. The second-order valence-corrected chi connectivity index (χ2v) is 11.1. The normalized spacial score (nSPS) is 12.8. The fourth-order valence-corrected chi connectivity index (χ4v) is 5.70. The lowest BCUT2D eigenvalue weighted by Gasteiger charge is -2.17. The van der Waals surface area contributed by atoms with E-state index in [1.807, 2.05) is 17.5 Å². The summed E-state index contributed by atoms with van der Waals surface area (Å²) in [5, 5.41) is 18.3. The van der Waals surface area contributed by atoms with E-state index < -0.39 is 28.0 Å². The second kappa shape index (κ2) is 10.1. The first-order valence-electron chi connectivity index (χ1n) is 10.9. The number of rotatable bonds is 9. The van der Waals surface area contributed by atoms with Gasteiger partial charge in [-0.2, -0.15) is 4.72 Å². The number of hydrogen-bond donors (Lipinski definition) is 4. The third kappa shape index (κ3) is 5.64. The highest BCUT2D eigenvalue weighted by atomic mass is 32.2. The molecule has 2 amide bonds. The van der Waals surface area contributed by atoms with Crippen LogP contribution in [0.2, 0.25) is 0 Å². The molecule has 0 bridgehead atoms. The van der Waals surface area contributed by atoms with Gasteiger partial charge in [-0.15, -0.1) is 11.3 Å². The van der Waals surface area contributed by atoms with E-state index in [0.717, 1.165) is 6.42 Å². The fraction of sp³-hybridized carbons (Fsp3) is 0.250. The first kappa shape index (κ1) is 24.7. The van der Waals surface area contributed by atoms with Gasteiger partial charge in [-0.05, 0) is 54.1 Å².